The highest BCUT2D eigenvalue weighted by Gasteiger charge is 2.45. The average Bonchev–Trinajstić information content (AvgIpc) is 2.85. The molecular formula is C24H31N3O2. The van der Waals surface area contributed by atoms with Gasteiger partial charge in [0, 0.05) is 14.1 Å². The van der Waals surface area contributed by atoms with Gasteiger partial charge in [-0.15, -0.1) is 0 Å². The molecule has 0 radical (unpaired) electrons. The number of aromatic nitrogens is 1. The molecule has 0 saturated heterocycles. The summed E-state index contributed by atoms with van der Waals surface area (Å²) in [6.07, 6.45) is 7.98. The van der Waals surface area contributed by atoms with Gasteiger partial charge in [-0.2, -0.15) is 5.06 Å². The Bertz CT molecular complexity index is 895. The van der Waals surface area contributed by atoms with Gasteiger partial charge in [0.25, 0.3) is 0 Å². The largest absolute Gasteiger partial charge is 0.489 e. The first-order valence-corrected chi connectivity index (χ1v) is 9.85. The molecule has 0 fully saturated rings. The third-order valence-electron chi connectivity index (χ3n) is 5.40. The summed E-state index contributed by atoms with van der Waals surface area (Å²) in [6.45, 7) is 8.44. The molecule has 0 bridgehead atoms. The number of ether oxygens (including phenoxy) is 1. The Morgan fingerprint density at radius 3 is 2.24 bits per heavy atom. The number of rotatable bonds is 6. The zero-order valence-corrected chi connectivity index (χ0v) is 18.2. The van der Waals surface area contributed by atoms with Crippen LogP contribution in [-0.2, 0) is 0 Å². The molecule has 5 heteroatoms. The molecule has 0 unspecified atom stereocenters. The van der Waals surface area contributed by atoms with Crippen molar-refractivity contribution in [1.29, 1.82) is 0 Å². The first kappa shape index (κ1) is 21.1. The average molecular weight is 394 g/mol. The molecule has 2 heterocycles. The van der Waals surface area contributed by atoms with Crippen molar-refractivity contribution >= 4 is 17.8 Å². The Labute approximate surface area is 173 Å². The minimum atomic E-state index is -0.443. The van der Waals surface area contributed by atoms with Gasteiger partial charge in [-0.1, -0.05) is 24.3 Å². The van der Waals surface area contributed by atoms with Crippen molar-refractivity contribution in [3.8, 4) is 5.75 Å². The molecule has 0 aliphatic carbocycles. The van der Waals surface area contributed by atoms with Gasteiger partial charge in [0.1, 0.15) is 12.4 Å². The van der Waals surface area contributed by atoms with Gasteiger partial charge in [0.2, 0.25) is 0 Å². The Morgan fingerprint density at radius 1 is 1.03 bits per heavy atom. The van der Waals surface area contributed by atoms with E-state index >= 15 is 0 Å². The third-order valence-corrected chi connectivity index (χ3v) is 5.40. The number of benzene rings is 1. The van der Waals surface area contributed by atoms with Crippen LogP contribution in [0.3, 0.4) is 0 Å². The van der Waals surface area contributed by atoms with Gasteiger partial charge in [0.05, 0.1) is 28.7 Å². The van der Waals surface area contributed by atoms with Crippen molar-refractivity contribution in [2.45, 2.75) is 38.8 Å². The zero-order valence-electron chi connectivity index (χ0n) is 18.2. The van der Waals surface area contributed by atoms with E-state index in [0.717, 1.165) is 28.3 Å². The summed E-state index contributed by atoms with van der Waals surface area (Å²) < 4.78 is 5.97. The quantitative estimate of drug-likeness (QED) is 0.709. The monoisotopic (exact) mass is 393 g/mol. The molecule has 0 atom stereocenters. The number of hydrogen-bond acceptors (Lipinski definition) is 5. The van der Waals surface area contributed by atoms with E-state index in [1.807, 2.05) is 95.4 Å². The lowest BCUT2D eigenvalue weighted by molar-refractivity contribution is -0.185. The molecule has 1 aliphatic rings. The molecular weight excluding hydrogens is 362 g/mol. The molecule has 29 heavy (non-hydrogen) atoms. The fourth-order valence-electron chi connectivity index (χ4n) is 3.52. The van der Waals surface area contributed by atoms with E-state index in [4.69, 9.17) is 4.74 Å². The molecule has 0 amide bonds. The number of anilines is 1. The topological polar surface area (TPSA) is 48.8 Å². The highest BCUT2D eigenvalue weighted by atomic mass is 16.5. The number of nitrogens with zero attached hydrogens (tertiary/aromatic N) is 3. The second-order valence-electron chi connectivity index (χ2n) is 8.72. The lowest BCUT2D eigenvalue weighted by Gasteiger charge is -2.36. The fourth-order valence-corrected chi connectivity index (χ4v) is 3.52. The van der Waals surface area contributed by atoms with Crippen LogP contribution < -0.4 is 9.64 Å². The van der Waals surface area contributed by atoms with Crippen LogP contribution in [0.2, 0.25) is 0 Å². The molecule has 1 aromatic carbocycles. The van der Waals surface area contributed by atoms with E-state index in [1.54, 1.807) is 0 Å². The van der Waals surface area contributed by atoms with Gasteiger partial charge in [-0.25, -0.2) is 0 Å². The second kappa shape index (κ2) is 8.01. The van der Waals surface area contributed by atoms with Crippen molar-refractivity contribution in [1.82, 2.24) is 10.0 Å². The Morgan fingerprint density at radius 2 is 1.72 bits per heavy atom. The predicted octanol–water partition coefficient (Wildman–Crippen LogP) is 4.89. The summed E-state index contributed by atoms with van der Waals surface area (Å²) in [5.74, 6) is 0.807. The van der Waals surface area contributed by atoms with Crippen LogP contribution in [0, 0.1) is 0 Å². The molecule has 154 valence electrons. The van der Waals surface area contributed by atoms with Crippen molar-refractivity contribution in [2.75, 3.05) is 25.6 Å². The van der Waals surface area contributed by atoms with E-state index in [-0.39, 0.29) is 0 Å². The predicted molar refractivity (Wildman–Crippen MR) is 119 cm³/mol. The highest BCUT2D eigenvalue weighted by molar-refractivity contribution is 5.68. The SMILES string of the molecule is CN(C)c1ccc(/C=C/c2ccc(OCC3=CC(C)(C)N(O)C3(C)C)cc2)nc1. The molecule has 1 aromatic heterocycles. The Balaban J connectivity index is 1.61. The summed E-state index contributed by atoms with van der Waals surface area (Å²) >= 11 is 0. The first-order chi connectivity index (χ1) is 13.6. The molecule has 0 spiro atoms. The van der Waals surface area contributed by atoms with Crippen LogP contribution in [0.15, 0.2) is 54.2 Å². The maximum absolute atomic E-state index is 10.4. The fraction of sp³-hybridized carbons (Fsp3) is 0.375. The minimum Gasteiger partial charge on any atom is -0.489 e. The molecule has 2 aromatic rings. The van der Waals surface area contributed by atoms with Crippen molar-refractivity contribution in [3.63, 3.8) is 0 Å². The van der Waals surface area contributed by atoms with E-state index in [1.165, 1.54) is 5.06 Å². The van der Waals surface area contributed by atoms with Crippen LogP contribution in [0.25, 0.3) is 12.2 Å². The standard InChI is InChI=1S/C24H31N3O2/c1-23(2)15-19(24(3,4)27(23)28)17-29-22-13-8-18(9-14-22)7-10-20-11-12-21(16-25-20)26(5)6/h7-16,28H,17H2,1-6H3/b10-7+. The normalized spacial score (nSPS) is 18.1. The van der Waals surface area contributed by atoms with E-state index in [2.05, 4.69) is 17.1 Å². The molecule has 5 nitrogen and oxygen atoms in total. The minimum absolute atomic E-state index is 0.393. The van der Waals surface area contributed by atoms with Crippen molar-refractivity contribution < 1.29 is 9.94 Å². The summed E-state index contributed by atoms with van der Waals surface area (Å²) in [6, 6.07) is 12.0. The Kier molecular flexibility index (Phi) is 5.82. The highest BCUT2D eigenvalue weighted by Crippen LogP contribution is 2.38. The number of hydrogen-bond donors (Lipinski definition) is 1. The molecule has 1 aliphatic heterocycles. The zero-order chi connectivity index (χ0) is 21.2. The summed E-state index contributed by atoms with van der Waals surface area (Å²) in [7, 11) is 4.00. The third kappa shape index (κ3) is 4.69. The summed E-state index contributed by atoms with van der Waals surface area (Å²) in [4.78, 5) is 6.48. The van der Waals surface area contributed by atoms with Gasteiger partial charge >= 0.3 is 0 Å². The van der Waals surface area contributed by atoms with E-state index in [9.17, 15) is 5.21 Å². The van der Waals surface area contributed by atoms with Gasteiger partial charge in [0.15, 0.2) is 0 Å². The van der Waals surface area contributed by atoms with Crippen molar-refractivity contribution in [3.05, 3.63) is 65.5 Å². The van der Waals surface area contributed by atoms with Gasteiger partial charge in [-0.05, 0) is 69.2 Å². The van der Waals surface area contributed by atoms with Crippen LogP contribution in [0.1, 0.15) is 39.0 Å². The van der Waals surface area contributed by atoms with Crippen LogP contribution in [0.4, 0.5) is 5.69 Å². The van der Waals surface area contributed by atoms with Gasteiger partial charge < -0.3 is 14.8 Å². The first-order valence-electron chi connectivity index (χ1n) is 9.85. The molecule has 1 N–H and O–H groups in total. The summed E-state index contributed by atoms with van der Waals surface area (Å²) in [5, 5.41) is 11.8. The van der Waals surface area contributed by atoms with Crippen molar-refractivity contribution in [2.24, 2.45) is 0 Å². The van der Waals surface area contributed by atoms with Gasteiger partial charge in [-0.3, -0.25) is 4.98 Å². The van der Waals surface area contributed by atoms with E-state index in [0.29, 0.717) is 6.61 Å². The van der Waals surface area contributed by atoms with E-state index < -0.39 is 11.1 Å². The molecule has 0 saturated carbocycles. The second-order valence-corrected chi connectivity index (χ2v) is 8.72. The van der Waals surface area contributed by atoms with Crippen LogP contribution in [-0.4, -0.2) is 47.0 Å². The maximum atomic E-state index is 10.4. The number of hydroxylamine groups is 2. The lowest BCUT2D eigenvalue weighted by atomic mass is 9.97. The number of pyridine rings is 1. The Hall–Kier alpha value is -2.63. The maximum Gasteiger partial charge on any atom is 0.119 e. The smallest absolute Gasteiger partial charge is 0.119 e. The summed E-state index contributed by atoms with van der Waals surface area (Å²) in [5.41, 5.74) is 3.32. The lowest BCUT2D eigenvalue weighted by Crippen LogP contribution is -2.48. The van der Waals surface area contributed by atoms with Crippen LogP contribution in [0.5, 0.6) is 5.75 Å². The van der Waals surface area contributed by atoms with Crippen LogP contribution >= 0.6 is 0 Å². The molecule has 3 rings (SSSR count).